The summed E-state index contributed by atoms with van der Waals surface area (Å²) >= 11 is 0. The lowest BCUT2D eigenvalue weighted by atomic mass is 9.87. The molecule has 0 spiro atoms. The predicted molar refractivity (Wildman–Crippen MR) is 213 cm³/mol. The minimum Gasteiger partial charge on any atom is -0.456 e. The van der Waals surface area contributed by atoms with Crippen molar-refractivity contribution in [1.82, 2.24) is 0 Å². The van der Waals surface area contributed by atoms with Gasteiger partial charge in [-0.25, -0.2) is 0 Å². The van der Waals surface area contributed by atoms with E-state index in [9.17, 15) is 5.26 Å². The van der Waals surface area contributed by atoms with Gasteiger partial charge in [0, 0.05) is 27.1 Å². The molecule has 0 aliphatic heterocycles. The second kappa shape index (κ2) is 12.0. The van der Waals surface area contributed by atoms with Gasteiger partial charge < -0.3 is 8.83 Å². The Balaban J connectivity index is 1.21. The van der Waals surface area contributed by atoms with E-state index < -0.39 is 0 Å². The largest absolute Gasteiger partial charge is 0.456 e. The average molecular weight is 664 g/mol. The van der Waals surface area contributed by atoms with Crippen LogP contribution >= 0.6 is 0 Å². The van der Waals surface area contributed by atoms with Crippen LogP contribution in [0.4, 0.5) is 0 Å². The summed E-state index contributed by atoms with van der Waals surface area (Å²) in [7, 11) is 0. The molecule has 52 heavy (non-hydrogen) atoms. The highest BCUT2D eigenvalue weighted by Gasteiger charge is 2.18. The number of benzene rings is 8. The molecule has 10 rings (SSSR count). The topological polar surface area (TPSA) is 50.1 Å². The van der Waals surface area contributed by atoms with Crippen molar-refractivity contribution in [3.63, 3.8) is 0 Å². The maximum absolute atomic E-state index is 10.4. The Kier molecular flexibility index (Phi) is 6.87. The molecule has 3 heteroatoms. The molecule has 2 heterocycles. The molecule has 242 valence electrons. The monoisotopic (exact) mass is 663 g/mol. The second-order valence-electron chi connectivity index (χ2n) is 13.2. The lowest BCUT2D eigenvalue weighted by molar-refractivity contribution is 0.668. The fourth-order valence-electron chi connectivity index (χ4n) is 7.59. The Morgan fingerprint density at radius 1 is 0.327 bits per heavy atom. The van der Waals surface area contributed by atoms with Crippen LogP contribution in [-0.2, 0) is 0 Å². The van der Waals surface area contributed by atoms with E-state index in [1.165, 1.54) is 5.56 Å². The molecule has 0 saturated heterocycles. The molecule has 0 amide bonds. The molecule has 0 N–H and O–H groups in total. The number of nitriles is 1. The van der Waals surface area contributed by atoms with Crippen LogP contribution in [0.2, 0.25) is 0 Å². The van der Waals surface area contributed by atoms with Gasteiger partial charge in [-0.2, -0.15) is 5.26 Å². The summed E-state index contributed by atoms with van der Waals surface area (Å²) in [6.07, 6.45) is 0. The molecule has 0 aliphatic rings. The third-order valence-corrected chi connectivity index (χ3v) is 10.1. The van der Waals surface area contributed by atoms with Gasteiger partial charge in [0.2, 0.25) is 0 Å². The number of furan rings is 2. The number of rotatable bonds is 5. The zero-order chi connectivity index (χ0) is 34.6. The minimum atomic E-state index is 0.630. The first kappa shape index (κ1) is 29.7. The molecular weight excluding hydrogens is 635 g/mol. The standard InChI is InChI=1S/C49H29NO2/c50-30-36-14-9-16-40(32-12-5-2-6-13-32)49(36)39-25-37(34-19-22-46-42(28-34)41-15-7-8-17-45(41)51-46)24-38(26-39)35-20-23-48-44(29-35)43-27-33(18-21-47(43)52-48)31-10-3-1-4-11-31/h1-29H. The summed E-state index contributed by atoms with van der Waals surface area (Å²) in [5.74, 6) is 0. The second-order valence-corrected chi connectivity index (χ2v) is 13.2. The molecule has 0 fully saturated rings. The Morgan fingerprint density at radius 2 is 0.808 bits per heavy atom. The van der Waals surface area contributed by atoms with E-state index in [1.807, 2.05) is 54.6 Å². The number of hydrogen-bond donors (Lipinski definition) is 0. The highest BCUT2D eigenvalue weighted by Crippen LogP contribution is 2.42. The normalized spacial score (nSPS) is 11.4. The van der Waals surface area contributed by atoms with E-state index in [4.69, 9.17) is 8.83 Å². The number of para-hydroxylation sites is 1. The third kappa shape index (κ3) is 4.97. The van der Waals surface area contributed by atoms with Gasteiger partial charge in [-0.3, -0.25) is 0 Å². The van der Waals surface area contributed by atoms with Gasteiger partial charge in [-0.1, -0.05) is 109 Å². The van der Waals surface area contributed by atoms with Gasteiger partial charge in [-0.05, 0) is 117 Å². The first-order valence-corrected chi connectivity index (χ1v) is 17.4. The smallest absolute Gasteiger partial charge is 0.135 e. The van der Waals surface area contributed by atoms with E-state index in [0.717, 1.165) is 93.9 Å². The highest BCUT2D eigenvalue weighted by molar-refractivity contribution is 6.09. The van der Waals surface area contributed by atoms with E-state index in [-0.39, 0.29) is 0 Å². The summed E-state index contributed by atoms with van der Waals surface area (Å²) in [5, 5.41) is 14.7. The Bertz CT molecular complexity index is 3020. The van der Waals surface area contributed by atoms with Gasteiger partial charge in [0.15, 0.2) is 0 Å². The van der Waals surface area contributed by atoms with Crippen molar-refractivity contribution < 1.29 is 8.83 Å². The quantitative estimate of drug-likeness (QED) is 0.184. The van der Waals surface area contributed by atoms with Crippen LogP contribution in [0.3, 0.4) is 0 Å². The predicted octanol–water partition coefficient (Wildman–Crippen LogP) is 13.7. The summed E-state index contributed by atoms with van der Waals surface area (Å²) < 4.78 is 12.5. The van der Waals surface area contributed by atoms with Gasteiger partial charge in [0.05, 0.1) is 11.6 Å². The molecule has 0 aliphatic carbocycles. The van der Waals surface area contributed by atoms with Crippen molar-refractivity contribution in [1.29, 1.82) is 5.26 Å². The van der Waals surface area contributed by atoms with Crippen molar-refractivity contribution in [3.8, 4) is 61.7 Å². The van der Waals surface area contributed by atoms with E-state index in [2.05, 4.69) is 127 Å². The van der Waals surface area contributed by atoms with Crippen LogP contribution < -0.4 is 0 Å². The van der Waals surface area contributed by atoms with Gasteiger partial charge in [0.1, 0.15) is 22.3 Å². The Hall–Kier alpha value is -7.15. The van der Waals surface area contributed by atoms with Crippen molar-refractivity contribution in [3.05, 3.63) is 181 Å². The van der Waals surface area contributed by atoms with Crippen LogP contribution in [0.25, 0.3) is 99.5 Å². The van der Waals surface area contributed by atoms with Crippen LogP contribution in [0.1, 0.15) is 5.56 Å². The fraction of sp³-hybridized carbons (Fsp3) is 0. The van der Waals surface area contributed by atoms with E-state index in [0.29, 0.717) is 5.56 Å². The molecule has 0 saturated carbocycles. The summed E-state index contributed by atoms with van der Waals surface area (Å²) in [6.45, 7) is 0. The first-order chi connectivity index (χ1) is 25.7. The fourth-order valence-corrected chi connectivity index (χ4v) is 7.59. The third-order valence-electron chi connectivity index (χ3n) is 10.1. The number of nitrogens with zero attached hydrogens (tertiary/aromatic N) is 1. The lowest BCUT2D eigenvalue weighted by Crippen LogP contribution is -1.92. The Labute approximate surface area is 300 Å². The molecule has 10 aromatic rings. The Morgan fingerprint density at radius 3 is 1.40 bits per heavy atom. The van der Waals surface area contributed by atoms with E-state index >= 15 is 0 Å². The van der Waals surface area contributed by atoms with Crippen molar-refractivity contribution in [2.75, 3.05) is 0 Å². The molecule has 3 nitrogen and oxygen atoms in total. The van der Waals surface area contributed by atoms with Crippen molar-refractivity contribution in [2.45, 2.75) is 0 Å². The minimum absolute atomic E-state index is 0.630. The molecule has 2 aromatic heterocycles. The number of hydrogen-bond acceptors (Lipinski definition) is 3. The van der Waals surface area contributed by atoms with Gasteiger partial charge in [0.25, 0.3) is 0 Å². The lowest BCUT2D eigenvalue weighted by Gasteiger charge is -2.16. The molecule has 0 radical (unpaired) electrons. The van der Waals surface area contributed by atoms with Crippen molar-refractivity contribution in [2.24, 2.45) is 0 Å². The van der Waals surface area contributed by atoms with Crippen LogP contribution in [-0.4, -0.2) is 0 Å². The highest BCUT2D eigenvalue weighted by atomic mass is 16.3. The molecule has 0 bridgehead atoms. The molecule has 0 atom stereocenters. The number of fused-ring (bicyclic) bond motifs is 6. The van der Waals surface area contributed by atoms with E-state index in [1.54, 1.807) is 0 Å². The molecule has 8 aromatic carbocycles. The maximum Gasteiger partial charge on any atom is 0.135 e. The van der Waals surface area contributed by atoms with Crippen LogP contribution in [0, 0.1) is 11.3 Å². The van der Waals surface area contributed by atoms with Crippen LogP contribution in [0.5, 0.6) is 0 Å². The summed E-state index contributed by atoms with van der Waals surface area (Å²) in [5.41, 5.74) is 14.6. The molecule has 0 unspecified atom stereocenters. The maximum atomic E-state index is 10.4. The SMILES string of the molecule is N#Cc1cccc(-c2ccccc2)c1-c1cc(-c2ccc3oc4ccccc4c3c2)cc(-c2ccc3oc4ccc(-c5ccccc5)cc4c3c2)c1. The summed E-state index contributed by atoms with van der Waals surface area (Å²) in [6, 6.07) is 63.3. The van der Waals surface area contributed by atoms with Gasteiger partial charge >= 0.3 is 0 Å². The molecular formula is C49H29NO2. The van der Waals surface area contributed by atoms with Crippen molar-refractivity contribution >= 4 is 43.9 Å². The zero-order valence-electron chi connectivity index (χ0n) is 28.0. The van der Waals surface area contributed by atoms with Gasteiger partial charge in [-0.15, -0.1) is 0 Å². The zero-order valence-corrected chi connectivity index (χ0v) is 28.0. The average Bonchev–Trinajstić information content (AvgIpc) is 3.78. The summed E-state index contributed by atoms with van der Waals surface area (Å²) in [4.78, 5) is 0. The van der Waals surface area contributed by atoms with Crippen LogP contribution in [0.15, 0.2) is 185 Å². The first-order valence-electron chi connectivity index (χ1n) is 17.4.